The molecule has 1 saturated carbocycles. The minimum atomic E-state index is -0.762. The molecule has 23 heavy (non-hydrogen) atoms. The molecule has 0 spiro atoms. The number of hydrogen-bond donors (Lipinski definition) is 1. The first-order chi connectivity index (χ1) is 10.9. The number of amides is 1. The summed E-state index contributed by atoms with van der Waals surface area (Å²) in [6.07, 6.45) is 1.89. The Morgan fingerprint density at radius 1 is 1.43 bits per heavy atom. The highest BCUT2D eigenvalue weighted by Gasteiger charge is 2.56. The fourth-order valence-corrected chi connectivity index (χ4v) is 4.01. The van der Waals surface area contributed by atoms with Gasteiger partial charge in [0.2, 0.25) is 0 Å². The molecule has 1 aliphatic heterocycles. The summed E-state index contributed by atoms with van der Waals surface area (Å²) in [5.41, 5.74) is 0.335. The van der Waals surface area contributed by atoms with E-state index in [0.29, 0.717) is 25.3 Å². The van der Waals surface area contributed by atoms with Gasteiger partial charge in [-0.05, 0) is 50.3 Å². The SMILES string of the molecule is Cc1cccc(OC(C)C(=O)N2C[C@@H]3CCC[C@@]3(C(=O)O)C2)c1. The van der Waals surface area contributed by atoms with Gasteiger partial charge in [0, 0.05) is 13.1 Å². The Balaban J connectivity index is 1.68. The summed E-state index contributed by atoms with van der Waals surface area (Å²) in [5.74, 6) is -0.141. The van der Waals surface area contributed by atoms with E-state index in [2.05, 4.69) is 0 Å². The first-order valence-electron chi connectivity index (χ1n) is 8.18. The second-order valence-corrected chi connectivity index (χ2v) is 6.85. The standard InChI is InChI=1S/C18H23NO4/c1-12-5-3-7-15(9-12)23-13(2)16(20)19-10-14-6-4-8-18(14,11-19)17(21)22/h3,5,7,9,13-14H,4,6,8,10-11H2,1-2H3,(H,21,22)/t13?,14-,18+/m0/s1. The van der Waals surface area contributed by atoms with Crippen LogP contribution >= 0.6 is 0 Å². The summed E-state index contributed by atoms with van der Waals surface area (Å²) in [6, 6.07) is 7.58. The molecular weight excluding hydrogens is 294 g/mol. The molecule has 1 saturated heterocycles. The number of nitrogens with zero attached hydrogens (tertiary/aromatic N) is 1. The number of rotatable bonds is 4. The van der Waals surface area contributed by atoms with E-state index in [4.69, 9.17) is 4.74 Å². The number of carbonyl (C=O) groups excluding carboxylic acids is 1. The zero-order valence-electron chi connectivity index (χ0n) is 13.6. The van der Waals surface area contributed by atoms with E-state index in [1.807, 2.05) is 31.2 Å². The highest BCUT2D eigenvalue weighted by atomic mass is 16.5. The van der Waals surface area contributed by atoms with Crippen LogP contribution in [-0.4, -0.2) is 41.1 Å². The van der Waals surface area contributed by atoms with Crippen LogP contribution in [0.4, 0.5) is 0 Å². The van der Waals surface area contributed by atoms with E-state index >= 15 is 0 Å². The van der Waals surface area contributed by atoms with Gasteiger partial charge in [0.15, 0.2) is 6.10 Å². The number of likely N-dealkylation sites (tertiary alicyclic amines) is 1. The number of aryl methyl sites for hydroxylation is 1. The Bertz CT molecular complexity index is 629. The summed E-state index contributed by atoms with van der Waals surface area (Å²) in [6.45, 7) is 4.55. The van der Waals surface area contributed by atoms with Gasteiger partial charge in [-0.25, -0.2) is 0 Å². The summed E-state index contributed by atoms with van der Waals surface area (Å²) in [4.78, 5) is 26.0. The number of hydrogen-bond acceptors (Lipinski definition) is 3. The fourth-order valence-electron chi connectivity index (χ4n) is 4.01. The van der Waals surface area contributed by atoms with E-state index < -0.39 is 17.5 Å². The first-order valence-corrected chi connectivity index (χ1v) is 8.18. The maximum atomic E-state index is 12.6. The van der Waals surface area contributed by atoms with Crippen LogP contribution in [0.3, 0.4) is 0 Å². The number of carboxylic acid groups (broad SMARTS) is 1. The predicted octanol–water partition coefficient (Wildman–Crippen LogP) is 2.48. The Morgan fingerprint density at radius 3 is 2.87 bits per heavy atom. The zero-order chi connectivity index (χ0) is 16.6. The van der Waals surface area contributed by atoms with Crippen LogP contribution in [0.5, 0.6) is 5.75 Å². The average molecular weight is 317 g/mol. The smallest absolute Gasteiger partial charge is 0.311 e. The summed E-state index contributed by atoms with van der Waals surface area (Å²) < 4.78 is 5.75. The molecule has 5 heteroatoms. The largest absolute Gasteiger partial charge is 0.481 e. The summed E-state index contributed by atoms with van der Waals surface area (Å²) >= 11 is 0. The summed E-state index contributed by atoms with van der Waals surface area (Å²) in [7, 11) is 0. The Labute approximate surface area is 136 Å². The van der Waals surface area contributed by atoms with Crippen LogP contribution in [0.2, 0.25) is 0 Å². The quantitative estimate of drug-likeness (QED) is 0.926. The van der Waals surface area contributed by atoms with Gasteiger partial charge in [-0.3, -0.25) is 9.59 Å². The third-order valence-corrected chi connectivity index (χ3v) is 5.26. The second kappa shape index (κ2) is 5.87. The number of fused-ring (bicyclic) bond motifs is 1. The van der Waals surface area contributed by atoms with E-state index in [0.717, 1.165) is 18.4 Å². The van der Waals surface area contributed by atoms with Crippen LogP contribution in [-0.2, 0) is 9.59 Å². The van der Waals surface area contributed by atoms with Crippen molar-refractivity contribution in [1.82, 2.24) is 4.90 Å². The predicted molar refractivity (Wildman–Crippen MR) is 85.3 cm³/mol. The lowest BCUT2D eigenvalue weighted by molar-refractivity contribution is -0.150. The van der Waals surface area contributed by atoms with Crippen molar-refractivity contribution in [2.24, 2.45) is 11.3 Å². The van der Waals surface area contributed by atoms with Gasteiger partial charge in [-0.2, -0.15) is 0 Å². The Kier molecular flexibility index (Phi) is 4.04. The van der Waals surface area contributed by atoms with E-state index in [-0.39, 0.29) is 11.8 Å². The van der Waals surface area contributed by atoms with Crippen LogP contribution in [0, 0.1) is 18.3 Å². The topological polar surface area (TPSA) is 66.8 Å². The molecule has 1 unspecified atom stereocenters. The molecule has 0 bridgehead atoms. The lowest BCUT2D eigenvalue weighted by Crippen LogP contribution is -2.42. The van der Waals surface area contributed by atoms with Crippen LogP contribution in [0.1, 0.15) is 31.7 Å². The molecule has 1 heterocycles. The number of carbonyl (C=O) groups is 2. The lowest BCUT2D eigenvalue weighted by atomic mass is 9.81. The van der Waals surface area contributed by atoms with Crippen LogP contribution < -0.4 is 4.74 Å². The van der Waals surface area contributed by atoms with E-state index in [9.17, 15) is 14.7 Å². The number of carboxylic acids is 1. The van der Waals surface area contributed by atoms with Gasteiger partial charge in [0.05, 0.1) is 5.41 Å². The zero-order valence-corrected chi connectivity index (χ0v) is 13.6. The van der Waals surface area contributed by atoms with Crippen molar-refractivity contribution >= 4 is 11.9 Å². The van der Waals surface area contributed by atoms with Crippen molar-refractivity contribution in [2.75, 3.05) is 13.1 Å². The second-order valence-electron chi connectivity index (χ2n) is 6.85. The molecule has 3 rings (SSSR count). The molecule has 1 aromatic carbocycles. The fraction of sp³-hybridized carbons (Fsp3) is 0.556. The van der Waals surface area contributed by atoms with Crippen molar-refractivity contribution in [2.45, 2.75) is 39.2 Å². The molecule has 2 aliphatic rings. The van der Waals surface area contributed by atoms with Crippen molar-refractivity contribution in [1.29, 1.82) is 0 Å². The number of benzene rings is 1. The Hall–Kier alpha value is -2.04. The third kappa shape index (κ3) is 2.80. The average Bonchev–Trinajstić information content (AvgIpc) is 3.04. The molecule has 0 aromatic heterocycles. The minimum absolute atomic E-state index is 0.0788. The van der Waals surface area contributed by atoms with Gasteiger partial charge in [0.1, 0.15) is 5.75 Å². The van der Waals surface area contributed by atoms with Crippen molar-refractivity contribution < 1.29 is 19.4 Å². The van der Waals surface area contributed by atoms with Crippen molar-refractivity contribution in [3.8, 4) is 5.75 Å². The van der Waals surface area contributed by atoms with Crippen molar-refractivity contribution in [3.05, 3.63) is 29.8 Å². The van der Waals surface area contributed by atoms with E-state index in [1.54, 1.807) is 11.8 Å². The number of ether oxygens (including phenoxy) is 1. The van der Waals surface area contributed by atoms with E-state index in [1.165, 1.54) is 0 Å². The van der Waals surface area contributed by atoms with Crippen molar-refractivity contribution in [3.63, 3.8) is 0 Å². The molecule has 1 N–H and O–H groups in total. The molecule has 0 radical (unpaired) electrons. The monoisotopic (exact) mass is 317 g/mol. The molecule has 5 nitrogen and oxygen atoms in total. The van der Waals surface area contributed by atoms with Gasteiger partial charge in [0.25, 0.3) is 5.91 Å². The van der Waals surface area contributed by atoms with Crippen LogP contribution in [0.15, 0.2) is 24.3 Å². The minimum Gasteiger partial charge on any atom is -0.481 e. The van der Waals surface area contributed by atoms with Crippen LogP contribution in [0.25, 0.3) is 0 Å². The highest BCUT2D eigenvalue weighted by molar-refractivity contribution is 5.84. The molecular formula is C18H23NO4. The maximum Gasteiger partial charge on any atom is 0.311 e. The molecule has 3 atom stereocenters. The molecule has 1 aromatic rings. The first kappa shape index (κ1) is 15.8. The van der Waals surface area contributed by atoms with Gasteiger partial charge < -0.3 is 14.7 Å². The van der Waals surface area contributed by atoms with Gasteiger partial charge >= 0.3 is 5.97 Å². The molecule has 1 amide bonds. The van der Waals surface area contributed by atoms with Gasteiger partial charge in [-0.1, -0.05) is 18.6 Å². The summed E-state index contributed by atoms with van der Waals surface area (Å²) in [5, 5.41) is 9.61. The lowest BCUT2D eigenvalue weighted by Gasteiger charge is -2.25. The maximum absolute atomic E-state index is 12.6. The van der Waals surface area contributed by atoms with Gasteiger partial charge in [-0.15, -0.1) is 0 Å². The molecule has 1 aliphatic carbocycles. The third-order valence-electron chi connectivity index (χ3n) is 5.26. The highest BCUT2D eigenvalue weighted by Crippen LogP contribution is 2.49. The molecule has 2 fully saturated rings. The Morgan fingerprint density at radius 2 is 2.22 bits per heavy atom. The molecule has 124 valence electrons. The normalized spacial score (nSPS) is 27.6. The number of aliphatic carboxylic acids is 1.